The number of carbonyl (C=O) groups is 3. The number of piperidine rings is 1. The fourth-order valence-electron chi connectivity index (χ4n) is 4.12. The highest BCUT2D eigenvalue weighted by molar-refractivity contribution is 6.35. The van der Waals surface area contributed by atoms with Gasteiger partial charge in [-0.25, -0.2) is 4.79 Å². The monoisotopic (exact) mass is 436 g/mol. The van der Waals surface area contributed by atoms with Crippen LogP contribution in [0.5, 0.6) is 0 Å². The normalized spacial score (nSPS) is 17.1. The lowest BCUT2D eigenvalue weighted by Gasteiger charge is -2.26. The largest absolute Gasteiger partial charge is 0.361 e. The summed E-state index contributed by atoms with van der Waals surface area (Å²) in [6, 6.07) is 6.09. The standard InChI is InChI=1S/C23H28N6O3/c24-23(32)27-16-5-6-20-18(12-16)19(22(31)28-20)13-17-11-15(14-26-17)21(30)25-7-4-10-29-8-2-1-3-9-29/h5-6,11-14,26H,1-4,7-10H2,(H,25,30)(H,28,31)(H3,24,27,32). The van der Waals surface area contributed by atoms with Crippen LogP contribution in [0, 0.1) is 0 Å². The van der Waals surface area contributed by atoms with Crippen molar-refractivity contribution in [3.8, 4) is 0 Å². The summed E-state index contributed by atoms with van der Waals surface area (Å²) in [7, 11) is 0. The summed E-state index contributed by atoms with van der Waals surface area (Å²) in [5.74, 6) is -0.400. The van der Waals surface area contributed by atoms with E-state index in [0.717, 1.165) is 26.1 Å². The Labute approximate surface area is 186 Å². The van der Waals surface area contributed by atoms with Crippen molar-refractivity contribution in [2.75, 3.05) is 36.8 Å². The molecule has 0 aliphatic carbocycles. The first-order valence-corrected chi connectivity index (χ1v) is 10.9. The minimum Gasteiger partial charge on any atom is -0.361 e. The molecule has 9 heteroatoms. The maximum atomic E-state index is 12.5. The fraction of sp³-hybridized carbons (Fsp3) is 0.348. The van der Waals surface area contributed by atoms with Gasteiger partial charge in [0, 0.05) is 35.4 Å². The van der Waals surface area contributed by atoms with E-state index in [9.17, 15) is 14.4 Å². The summed E-state index contributed by atoms with van der Waals surface area (Å²) in [6.45, 7) is 3.94. The van der Waals surface area contributed by atoms with Crippen LogP contribution in [0.1, 0.15) is 47.3 Å². The summed E-state index contributed by atoms with van der Waals surface area (Å²) in [6.07, 6.45) is 8.08. The SMILES string of the molecule is NC(=O)Nc1ccc2c(c1)C(=Cc1cc(C(=O)NCCCN3CCCCC3)c[nH]1)C(=O)N2. The number of nitrogens with one attached hydrogen (secondary N) is 4. The Morgan fingerprint density at radius 1 is 1.16 bits per heavy atom. The summed E-state index contributed by atoms with van der Waals surface area (Å²) in [4.78, 5) is 41.5. The number of nitrogens with two attached hydrogens (primary N) is 1. The van der Waals surface area contributed by atoms with E-state index in [1.807, 2.05) is 0 Å². The number of amides is 4. The Kier molecular flexibility index (Phi) is 6.55. The molecule has 2 aliphatic rings. The van der Waals surface area contributed by atoms with Crippen LogP contribution in [0.25, 0.3) is 11.6 Å². The number of primary amides is 1. The first-order valence-electron chi connectivity index (χ1n) is 10.9. The highest BCUT2D eigenvalue weighted by Gasteiger charge is 2.25. The van der Waals surface area contributed by atoms with Crippen molar-refractivity contribution >= 4 is 40.9 Å². The van der Waals surface area contributed by atoms with Crippen molar-refractivity contribution in [1.82, 2.24) is 15.2 Å². The van der Waals surface area contributed by atoms with Crippen LogP contribution in [0.2, 0.25) is 0 Å². The van der Waals surface area contributed by atoms with Crippen molar-refractivity contribution < 1.29 is 14.4 Å². The third-order valence-electron chi connectivity index (χ3n) is 5.72. The lowest BCUT2D eigenvalue weighted by Crippen LogP contribution is -2.33. The molecule has 32 heavy (non-hydrogen) atoms. The lowest BCUT2D eigenvalue weighted by atomic mass is 10.1. The number of fused-ring (bicyclic) bond motifs is 1. The number of hydrogen-bond donors (Lipinski definition) is 5. The second-order valence-corrected chi connectivity index (χ2v) is 8.12. The summed E-state index contributed by atoms with van der Waals surface area (Å²) < 4.78 is 0. The van der Waals surface area contributed by atoms with Crippen LogP contribution in [-0.4, -0.2) is 53.9 Å². The van der Waals surface area contributed by atoms with Gasteiger partial charge in [-0.1, -0.05) is 6.42 Å². The van der Waals surface area contributed by atoms with Gasteiger partial charge in [0.15, 0.2) is 0 Å². The number of carbonyl (C=O) groups excluding carboxylic acids is 3. The van der Waals surface area contributed by atoms with E-state index in [2.05, 4.69) is 25.8 Å². The molecular weight excluding hydrogens is 408 g/mol. The average Bonchev–Trinajstić information content (AvgIpc) is 3.36. The number of benzene rings is 1. The average molecular weight is 437 g/mol. The molecule has 1 aromatic carbocycles. The number of hydrogen-bond acceptors (Lipinski definition) is 4. The third kappa shape index (κ3) is 5.17. The minimum absolute atomic E-state index is 0.145. The molecule has 0 bridgehead atoms. The molecule has 2 aliphatic heterocycles. The van der Waals surface area contributed by atoms with Crippen LogP contribution >= 0.6 is 0 Å². The molecule has 0 saturated carbocycles. The van der Waals surface area contributed by atoms with Gasteiger partial charge in [0.1, 0.15) is 0 Å². The number of rotatable bonds is 7. The van der Waals surface area contributed by atoms with E-state index in [4.69, 9.17) is 5.73 Å². The molecule has 0 spiro atoms. The van der Waals surface area contributed by atoms with Gasteiger partial charge in [-0.3, -0.25) is 9.59 Å². The van der Waals surface area contributed by atoms with Crippen molar-refractivity contribution in [2.45, 2.75) is 25.7 Å². The van der Waals surface area contributed by atoms with Gasteiger partial charge >= 0.3 is 6.03 Å². The van der Waals surface area contributed by atoms with Crippen molar-refractivity contribution in [2.24, 2.45) is 5.73 Å². The highest BCUT2D eigenvalue weighted by Crippen LogP contribution is 2.35. The van der Waals surface area contributed by atoms with Gasteiger partial charge in [0.05, 0.1) is 11.1 Å². The molecule has 9 nitrogen and oxygen atoms in total. The molecular formula is C23H28N6O3. The van der Waals surface area contributed by atoms with Gasteiger partial charge in [0.25, 0.3) is 11.8 Å². The van der Waals surface area contributed by atoms with E-state index >= 15 is 0 Å². The summed E-state index contributed by atoms with van der Waals surface area (Å²) in [5.41, 5.74) is 8.55. The maximum absolute atomic E-state index is 12.5. The van der Waals surface area contributed by atoms with E-state index in [0.29, 0.717) is 40.3 Å². The Morgan fingerprint density at radius 3 is 2.75 bits per heavy atom. The molecule has 6 N–H and O–H groups in total. The van der Waals surface area contributed by atoms with Gasteiger partial charge in [-0.05, 0) is 69.2 Å². The van der Waals surface area contributed by atoms with E-state index in [1.165, 1.54) is 19.3 Å². The smallest absolute Gasteiger partial charge is 0.316 e. The lowest BCUT2D eigenvalue weighted by molar-refractivity contribution is -0.110. The first-order chi connectivity index (χ1) is 15.5. The molecule has 4 amide bonds. The van der Waals surface area contributed by atoms with Crippen molar-refractivity contribution in [3.63, 3.8) is 0 Å². The predicted molar refractivity (Wildman–Crippen MR) is 124 cm³/mol. The summed E-state index contributed by atoms with van der Waals surface area (Å²) >= 11 is 0. The van der Waals surface area contributed by atoms with Crippen molar-refractivity contribution in [1.29, 1.82) is 0 Å². The van der Waals surface area contributed by atoms with E-state index < -0.39 is 6.03 Å². The van der Waals surface area contributed by atoms with E-state index in [1.54, 1.807) is 36.5 Å². The Balaban J connectivity index is 1.37. The van der Waals surface area contributed by atoms with Crippen LogP contribution in [-0.2, 0) is 4.79 Å². The van der Waals surface area contributed by atoms with Gasteiger partial charge < -0.3 is 31.6 Å². The second kappa shape index (κ2) is 9.69. The zero-order chi connectivity index (χ0) is 22.5. The maximum Gasteiger partial charge on any atom is 0.316 e. The number of likely N-dealkylation sites (tertiary alicyclic amines) is 1. The molecule has 0 unspecified atom stereocenters. The van der Waals surface area contributed by atoms with Crippen LogP contribution in [0.15, 0.2) is 30.5 Å². The van der Waals surface area contributed by atoms with Crippen LogP contribution in [0.4, 0.5) is 16.2 Å². The number of urea groups is 1. The third-order valence-corrected chi connectivity index (χ3v) is 5.72. The van der Waals surface area contributed by atoms with E-state index in [-0.39, 0.29) is 11.8 Å². The topological polar surface area (TPSA) is 132 Å². The Bertz CT molecular complexity index is 1050. The molecule has 0 atom stereocenters. The van der Waals surface area contributed by atoms with Gasteiger partial charge in [-0.15, -0.1) is 0 Å². The van der Waals surface area contributed by atoms with Gasteiger partial charge in [0.2, 0.25) is 0 Å². The first kappa shape index (κ1) is 21.6. The molecule has 3 heterocycles. The molecule has 1 aromatic heterocycles. The number of nitrogens with zero attached hydrogens (tertiary/aromatic N) is 1. The summed E-state index contributed by atoms with van der Waals surface area (Å²) in [5, 5.41) is 8.26. The highest BCUT2D eigenvalue weighted by atomic mass is 16.2. The predicted octanol–water partition coefficient (Wildman–Crippen LogP) is 2.60. The van der Waals surface area contributed by atoms with Crippen LogP contribution < -0.4 is 21.7 Å². The van der Waals surface area contributed by atoms with Gasteiger partial charge in [-0.2, -0.15) is 0 Å². The van der Waals surface area contributed by atoms with Crippen LogP contribution in [0.3, 0.4) is 0 Å². The Hall–Kier alpha value is -3.59. The zero-order valence-corrected chi connectivity index (χ0v) is 17.9. The molecule has 4 rings (SSSR count). The molecule has 2 aromatic rings. The molecule has 1 fully saturated rings. The number of aromatic nitrogens is 1. The number of H-pyrrole nitrogens is 1. The number of aromatic amines is 1. The Morgan fingerprint density at radius 2 is 1.97 bits per heavy atom. The second-order valence-electron chi connectivity index (χ2n) is 8.12. The fourth-order valence-corrected chi connectivity index (χ4v) is 4.12. The minimum atomic E-state index is -0.677. The van der Waals surface area contributed by atoms with Crippen molar-refractivity contribution in [3.05, 3.63) is 47.3 Å². The molecule has 1 saturated heterocycles. The zero-order valence-electron chi connectivity index (χ0n) is 17.9. The molecule has 168 valence electrons. The molecule has 0 radical (unpaired) electrons. The quantitative estimate of drug-likeness (QED) is 0.337. The number of anilines is 2.